The van der Waals surface area contributed by atoms with Crippen molar-refractivity contribution in [3.05, 3.63) is 35.9 Å². The van der Waals surface area contributed by atoms with Crippen LogP contribution in [0.3, 0.4) is 0 Å². The Labute approximate surface area is 97.2 Å². The summed E-state index contributed by atoms with van der Waals surface area (Å²) in [6.45, 7) is 0.259. The smallest absolute Gasteiger partial charge is 0.308 e. The third-order valence-electron chi connectivity index (χ3n) is 1.82. The first-order chi connectivity index (χ1) is 7.22. The van der Waals surface area contributed by atoms with Crippen LogP contribution in [0.4, 0.5) is 0 Å². The van der Waals surface area contributed by atoms with E-state index < -0.39 is 6.10 Å². The number of ether oxygens (including phenoxy) is 1. The molecule has 0 spiro atoms. The number of aliphatic hydroxyl groups excluding tert-OH is 1. The molecular weight excluding hydrogens is 260 g/mol. The largest absolute Gasteiger partial charge is 0.461 e. The summed E-state index contributed by atoms with van der Waals surface area (Å²) in [6, 6.07) is 9.44. The molecular formula is C11H13BrO3. The lowest BCUT2D eigenvalue weighted by Gasteiger charge is -2.07. The molecule has 0 radical (unpaired) electrons. The fraction of sp³-hybridized carbons (Fsp3) is 0.364. The Balaban J connectivity index is 2.29. The second-order valence-corrected chi connectivity index (χ2v) is 3.81. The van der Waals surface area contributed by atoms with E-state index in [1.807, 2.05) is 30.3 Å². The number of aliphatic hydroxyl groups is 1. The van der Waals surface area contributed by atoms with Gasteiger partial charge in [0.15, 0.2) is 0 Å². The first kappa shape index (κ1) is 12.2. The molecule has 3 nitrogen and oxygen atoms in total. The molecule has 1 N–H and O–H groups in total. The summed E-state index contributed by atoms with van der Waals surface area (Å²) in [4.78, 5) is 11.2. The zero-order chi connectivity index (χ0) is 11.1. The van der Waals surface area contributed by atoms with Crippen molar-refractivity contribution in [1.82, 2.24) is 0 Å². The number of alkyl halides is 1. The molecule has 0 heterocycles. The number of hydrogen-bond acceptors (Lipinski definition) is 3. The van der Waals surface area contributed by atoms with Crippen molar-refractivity contribution < 1.29 is 14.6 Å². The molecule has 4 heteroatoms. The van der Waals surface area contributed by atoms with Crippen LogP contribution in [0.1, 0.15) is 12.0 Å². The normalized spacial score (nSPS) is 12.1. The summed E-state index contributed by atoms with van der Waals surface area (Å²) >= 11 is 3.08. The van der Waals surface area contributed by atoms with E-state index in [1.54, 1.807) is 0 Å². The Morgan fingerprint density at radius 2 is 2.07 bits per heavy atom. The van der Waals surface area contributed by atoms with Crippen molar-refractivity contribution in [2.24, 2.45) is 0 Å². The lowest BCUT2D eigenvalue weighted by atomic mass is 10.2. The summed E-state index contributed by atoms with van der Waals surface area (Å²) < 4.78 is 4.98. The molecule has 0 fully saturated rings. The van der Waals surface area contributed by atoms with Crippen molar-refractivity contribution >= 4 is 21.9 Å². The van der Waals surface area contributed by atoms with E-state index in [4.69, 9.17) is 4.74 Å². The van der Waals surface area contributed by atoms with Crippen LogP contribution in [0, 0.1) is 0 Å². The van der Waals surface area contributed by atoms with Crippen molar-refractivity contribution in [1.29, 1.82) is 0 Å². The van der Waals surface area contributed by atoms with E-state index >= 15 is 0 Å². The van der Waals surface area contributed by atoms with Crippen LogP contribution in [0.25, 0.3) is 0 Å². The van der Waals surface area contributed by atoms with Crippen LogP contribution in [0.2, 0.25) is 0 Å². The van der Waals surface area contributed by atoms with Gasteiger partial charge in [-0.25, -0.2) is 0 Å². The maximum Gasteiger partial charge on any atom is 0.308 e. The van der Waals surface area contributed by atoms with Crippen LogP contribution < -0.4 is 0 Å². The maximum absolute atomic E-state index is 11.2. The van der Waals surface area contributed by atoms with E-state index in [9.17, 15) is 9.90 Å². The summed E-state index contributed by atoms with van der Waals surface area (Å²) in [5.74, 6) is -0.384. The van der Waals surface area contributed by atoms with Gasteiger partial charge in [0.1, 0.15) is 6.61 Å². The van der Waals surface area contributed by atoms with Gasteiger partial charge in [-0.05, 0) is 5.56 Å². The number of hydrogen-bond donors (Lipinski definition) is 1. The van der Waals surface area contributed by atoms with Gasteiger partial charge in [-0.2, -0.15) is 0 Å². The van der Waals surface area contributed by atoms with Gasteiger partial charge >= 0.3 is 5.97 Å². The van der Waals surface area contributed by atoms with E-state index in [0.29, 0.717) is 5.33 Å². The molecule has 0 saturated carbocycles. The second kappa shape index (κ2) is 6.58. The van der Waals surface area contributed by atoms with Crippen LogP contribution in [0.15, 0.2) is 30.3 Å². The highest BCUT2D eigenvalue weighted by molar-refractivity contribution is 9.09. The molecule has 0 bridgehead atoms. The zero-order valence-corrected chi connectivity index (χ0v) is 9.81. The van der Waals surface area contributed by atoms with Crippen LogP contribution in [-0.2, 0) is 16.1 Å². The molecule has 0 amide bonds. The molecule has 1 unspecified atom stereocenters. The first-order valence-electron chi connectivity index (χ1n) is 4.66. The summed E-state index contributed by atoms with van der Waals surface area (Å²) in [7, 11) is 0. The van der Waals surface area contributed by atoms with Crippen LogP contribution in [0.5, 0.6) is 0 Å². The first-order valence-corrected chi connectivity index (χ1v) is 5.78. The molecule has 1 aromatic rings. The highest BCUT2D eigenvalue weighted by atomic mass is 79.9. The standard InChI is InChI=1S/C11H13BrO3/c12-7-10(13)6-11(14)15-8-9-4-2-1-3-5-9/h1-5,10,13H,6-8H2. The predicted octanol–water partition coefficient (Wildman–Crippen LogP) is 1.88. The highest BCUT2D eigenvalue weighted by Crippen LogP contribution is 2.03. The Bertz CT molecular complexity index is 300. The number of carbonyl (C=O) groups is 1. The molecule has 1 aromatic carbocycles. The minimum Gasteiger partial charge on any atom is -0.461 e. The van der Waals surface area contributed by atoms with Crippen molar-refractivity contribution in [3.63, 3.8) is 0 Å². The van der Waals surface area contributed by atoms with Gasteiger partial charge in [0, 0.05) is 5.33 Å². The molecule has 0 aliphatic rings. The van der Waals surface area contributed by atoms with E-state index in [0.717, 1.165) is 5.56 Å². The Morgan fingerprint density at radius 3 is 2.67 bits per heavy atom. The molecule has 1 atom stereocenters. The molecule has 15 heavy (non-hydrogen) atoms. The van der Waals surface area contributed by atoms with Crippen LogP contribution in [-0.4, -0.2) is 22.5 Å². The molecule has 82 valence electrons. The lowest BCUT2D eigenvalue weighted by molar-refractivity contribution is -0.146. The fourth-order valence-electron chi connectivity index (χ4n) is 1.04. The molecule has 0 aliphatic carbocycles. The van der Waals surface area contributed by atoms with Gasteiger partial charge in [-0.3, -0.25) is 4.79 Å². The number of esters is 1. The monoisotopic (exact) mass is 272 g/mol. The second-order valence-electron chi connectivity index (χ2n) is 3.16. The topological polar surface area (TPSA) is 46.5 Å². The quantitative estimate of drug-likeness (QED) is 0.658. The summed E-state index contributed by atoms with van der Waals surface area (Å²) in [5, 5.41) is 9.56. The third-order valence-corrected chi connectivity index (χ3v) is 2.57. The van der Waals surface area contributed by atoms with Gasteiger partial charge in [0.2, 0.25) is 0 Å². The molecule has 1 rings (SSSR count). The average Bonchev–Trinajstić information content (AvgIpc) is 2.27. The minimum atomic E-state index is -0.673. The van der Waals surface area contributed by atoms with E-state index in [1.165, 1.54) is 0 Å². The Hall–Kier alpha value is -0.870. The van der Waals surface area contributed by atoms with Gasteiger partial charge in [0.05, 0.1) is 12.5 Å². The number of halogens is 1. The Morgan fingerprint density at radius 1 is 1.40 bits per heavy atom. The summed E-state index contributed by atoms with van der Waals surface area (Å²) in [6.07, 6.45) is -0.647. The maximum atomic E-state index is 11.2. The number of benzene rings is 1. The fourth-order valence-corrected chi connectivity index (χ4v) is 1.27. The van der Waals surface area contributed by atoms with Gasteiger partial charge < -0.3 is 9.84 Å². The molecule has 0 saturated heterocycles. The van der Waals surface area contributed by atoms with Crippen molar-refractivity contribution in [2.45, 2.75) is 19.1 Å². The zero-order valence-electron chi connectivity index (χ0n) is 8.23. The van der Waals surface area contributed by atoms with Gasteiger partial charge in [-0.1, -0.05) is 46.3 Å². The van der Waals surface area contributed by atoms with Gasteiger partial charge in [0.25, 0.3) is 0 Å². The van der Waals surface area contributed by atoms with Crippen molar-refractivity contribution in [3.8, 4) is 0 Å². The summed E-state index contributed by atoms with van der Waals surface area (Å²) in [5.41, 5.74) is 0.944. The van der Waals surface area contributed by atoms with E-state index in [2.05, 4.69) is 15.9 Å². The van der Waals surface area contributed by atoms with Crippen LogP contribution >= 0.6 is 15.9 Å². The van der Waals surface area contributed by atoms with Gasteiger partial charge in [-0.15, -0.1) is 0 Å². The SMILES string of the molecule is O=C(CC(O)CBr)OCc1ccccc1. The predicted molar refractivity (Wildman–Crippen MR) is 60.7 cm³/mol. The molecule has 0 aliphatic heterocycles. The number of carbonyl (C=O) groups excluding carboxylic acids is 1. The third kappa shape index (κ3) is 4.95. The Kier molecular flexibility index (Phi) is 5.36. The van der Waals surface area contributed by atoms with Crippen molar-refractivity contribution in [2.75, 3.05) is 5.33 Å². The number of rotatable bonds is 5. The lowest BCUT2D eigenvalue weighted by Crippen LogP contribution is -2.16. The highest BCUT2D eigenvalue weighted by Gasteiger charge is 2.10. The average molecular weight is 273 g/mol. The molecule has 0 aromatic heterocycles. The minimum absolute atomic E-state index is 0.0259. The van der Waals surface area contributed by atoms with E-state index in [-0.39, 0.29) is 19.0 Å².